The van der Waals surface area contributed by atoms with Gasteiger partial charge in [-0.25, -0.2) is 0 Å². The largest absolute Gasteiger partial charge is 0.457 e. The Balaban J connectivity index is 2.00. The van der Waals surface area contributed by atoms with E-state index in [-0.39, 0.29) is 0 Å². The predicted molar refractivity (Wildman–Crippen MR) is 92.8 cm³/mol. The lowest BCUT2D eigenvalue weighted by Crippen LogP contribution is -1.91. The quantitative estimate of drug-likeness (QED) is 0.595. The first kappa shape index (κ1) is 14.8. The van der Waals surface area contributed by atoms with E-state index in [0.717, 1.165) is 11.1 Å². The first-order valence-electron chi connectivity index (χ1n) is 6.71. The van der Waals surface area contributed by atoms with E-state index in [9.17, 15) is 0 Å². The van der Waals surface area contributed by atoms with Crippen molar-refractivity contribution in [1.82, 2.24) is 0 Å². The Labute approximate surface area is 139 Å². The third-order valence-electron chi connectivity index (χ3n) is 3.20. The Hall–Kier alpha value is -2.16. The number of hydrogen-bond donors (Lipinski definition) is 1. The topological polar surface area (TPSA) is 35.2 Å². The number of nitrogen functional groups attached to an aromatic ring is 1. The first-order valence-corrected chi connectivity index (χ1v) is 7.46. The summed E-state index contributed by atoms with van der Waals surface area (Å²) >= 11 is 11.8. The van der Waals surface area contributed by atoms with E-state index in [1.807, 2.05) is 48.5 Å². The molecule has 0 fully saturated rings. The van der Waals surface area contributed by atoms with Gasteiger partial charge in [-0.2, -0.15) is 0 Å². The molecule has 0 aliphatic rings. The van der Waals surface area contributed by atoms with Gasteiger partial charge in [-0.05, 0) is 54.1 Å². The Morgan fingerprint density at radius 1 is 0.727 bits per heavy atom. The van der Waals surface area contributed by atoms with Gasteiger partial charge in [0, 0.05) is 27.4 Å². The number of anilines is 1. The number of nitrogens with two attached hydrogens (primary N) is 1. The van der Waals surface area contributed by atoms with E-state index in [1.54, 1.807) is 18.2 Å². The standard InChI is InChI=1S/C18H13Cl2NO/c19-13-3-1-12(2-4-13)17-10-7-15(21)11-18(17)22-16-8-5-14(20)6-9-16/h1-11H,21H2. The molecule has 0 aromatic heterocycles. The van der Waals surface area contributed by atoms with E-state index in [1.165, 1.54) is 0 Å². The van der Waals surface area contributed by atoms with Crippen LogP contribution < -0.4 is 10.5 Å². The average molecular weight is 330 g/mol. The van der Waals surface area contributed by atoms with Gasteiger partial charge in [0.05, 0.1) is 0 Å². The average Bonchev–Trinajstić information content (AvgIpc) is 2.51. The molecule has 0 saturated carbocycles. The Morgan fingerprint density at radius 2 is 1.32 bits per heavy atom. The highest BCUT2D eigenvalue weighted by atomic mass is 35.5. The molecule has 0 saturated heterocycles. The van der Waals surface area contributed by atoms with Crippen LogP contribution in [0.25, 0.3) is 11.1 Å². The summed E-state index contributed by atoms with van der Waals surface area (Å²) in [5.74, 6) is 1.38. The fourth-order valence-electron chi connectivity index (χ4n) is 2.12. The molecule has 3 aromatic rings. The lowest BCUT2D eigenvalue weighted by Gasteiger charge is -2.12. The number of halogens is 2. The van der Waals surface area contributed by atoms with Gasteiger partial charge in [0.2, 0.25) is 0 Å². The van der Waals surface area contributed by atoms with E-state index in [2.05, 4.69) is 0 Å². The van der Waals surface area contributed by atoms with Crippen LogP contribution in [0.2, 0.25) is 10.0 Å². The molecule has 0 spiro atoms. The Kier molecular flexibility index (Phi) is 4.23. The summed E-state index contributed by atoms with van der Waals surface area (Å²) in [4.78, 5) is 0. The number of hydrogen-bond acceptors (Lipinski definition) is 2. The molecule has 110 valence electrons. The van der Waals surface area contributed by atoms with Crippen LogP contribution in [0.1, 0.15) is 0 Å². The number of rotatable bonds is 3. The summed E-state index contributed by atoms with van der Waals surface area (Å²) in [6.07, 6.45) is 0. The minimum atomic E-state index is 0.640. The first-order chi connectivity index (χ1) is 10.6. The highest BCUT2D eigenvalue weighted by molar-refractivity contribution is 6.30. The van der Waals surface area contributed by atoms with Crippen LogP contribution in [-0.2, 0) is 0 Å². The normalized spacial score (nSPS) is 10.5. The molecule has 0 heterocycles. The number of benzene rings is 3. The zero-order valence-corrected chi connectivity index (χ0v) is 13.1. The zero-order chi connectivity index (χ0) is 15.5. The van der Waals surface area contributed by atoms with Gasteiger partial charge < -0.3 is 10.5 Å². The van der Waals surface area contributed by atoms with Crippen LogP contribution in [0.15, 0.2) is 66.7 Å². The third-order valence-corrected chi connectivity index (χ3v) is 3.71. The lowest BCUT2D eigenvalue weighted by molar-refractivity contribution is 0.485. The van der Waals surface area contributed by atoms with Crippen molar-refractivity contribution in [3.8, 4) is 22.6 Å². The SMILES string of the molecule is Nc1ccc(-c2ccc(Cl)cc2)c(Oc2ccc(Cl)cc2)c1. The Bertz CT molecular complexity index is 783. The second kappa shape index (κ2) is 6.30. The van der Waals surface area contributed by atoms with Crippen LogP contribution in [0.3, 0.4) is 0 Å². The summed E-state index contributed by atoms with van der Waals surface area (Å²) in [5, 5.41) is 1.36. The Morgan fingerprint density at radius 3 is 1.95 bits per heavy atom. The van der Waals surface area contributed by atoms with Crippen molar-refractivity contribution in [1.29, 1.82) is 0 Å². The van der Waals surface area contributed by atoms with Gasteiger partial charge in [0.25, 0.3) is 0 Å². The van der Waals surface area contributed by atoms with Gasteiger partial charge in [-0.3, -0.25) is 0 Å². The van der Waals surface area contributed by atoms with Crippen molar-refractivity contribution in [3.63, 3.8) is 0 Å². The summed E-state index contributed by atoms with van der Waals surface area (Å²) in [6.45, 7) is 0. The van der Waals surface area contributed by atoms with Gasteiger partial charge in [0.15, 0.2) is 0 Å². The molecule has 0 radical (unpaired) electrons. The predicted octanol–water partition coefficient (Wildman–Crippen LogP) is 6.03. The summed E-state index contributed by atoms with van der Waals surface area (Å²) < 4.78 is 5.96. The van der Waals surface area contributed by atoms with Crippen molar-refractivity contribution in [2.45, 2.75) is 0 Å². The van der Waals surface area contributed by atoms with Crippen LogP contribution in [0.4, 0.5) is 5.69 Å². The smallest absolute Gasteiger partial charge is 0.137 e. The van der Waals surface area contributed by atoms with Crippen molar-refractivity contribution in [2.24, 2.45) is 0 Å². The summed E-state index contributed by atoms with van der Waals surface area (Å²) in [6, 6.07) is 20.4. The van der Waals surface area contributed by atoms with E-state index in [0.29, 0.717) is 27.2 Å². The van der Waals surface area contributed by atoms with Crippen molar-refractivity contribution >= 4 is 28.9 Å². The molecule has 0 bridgehead atoms. The van der Waals surface area contributed by atoms with Crippen LogP contribution in [-0.4, -0.2) is 0 Å². The maximum atomic E-state index is 5.96. The molecule has 3 rings (SSSR count). The van der Waals surface area contributed by atoms with E-state index < -0.39 is 0 Å². The van der Waals surface area contributed by atoms with E-state index in [4.69, 9.17) is 33.7 Å². The van der Waals surface area contributed by atoms with Crippen molar-refractivity contribution < 1.29 is 4.74 Å². The van der Waals surface area contributed by atoms with Crippen LogP contribution >= 0.6 is 23.2 Å². The van der Waals surface area contributed by atoms with Crippen LogP contribution in [0, 0.1) is 0 Å². The minimum Gasteiger partial charge on any atom is -0.457 e. The molecule has 4 heteroatoms. The maximum Gasteiger partial charge on any atom is 0.137 e. The second-order valence-corrected chi connectivity index (χ2v) is 5.69. The third kappa shape index (κ3) is 3.35. The fraction of sp³-hybridized carbons (Fsp3) is 0. The maximum absolute atomic E-state index is 5.96. The molecule has 0 aliphatic carbocycles. The second-order valence-electron chi connectivity index (χ2n) is 4.82. The minimum absolute atomic E-state index is 0.640. The molecule has 2 N–H and O–H groups in total. The number of ether oxygens (including phenoxy) is 1. The molecular weight excluding hydrogens is 317 g/mol. The van der Waals surface area contributed by atoms with Gasteiger partial charge in [-0.1, -0.05) is 35.3 Å². The van der Waals surface area contributed by atoms with Gasteiger partial charge in [0.1, 0.15) is 11.5 Å². The lowest BCUT2D eigenvalue weighted by atomic mass is 10.0. The van der Waals surface area contributed by atoms with E-state index >= 15 is 0 Å². The molecule has 0 amide bonds. The summed E-state index contributed by atoms with van der Waals surface area (Å²) in [7, 11) is 0. The van der Waals surface area contributed by atoms with Crippen LogP contribution in [0.5, 0.6) is 11.5 Å². The van der Waals surface area contributed by atoms with Crippen molar-refractivity contribution in [3.05, 3.63) is 76.8 Å². The van der Waals surface area contributed by atoms with Gasteiger partial charge in [-0.15, -0.1) is 0 Å². The molecule has 2 nitrogen and oxygen atoms in total. The molecule has 0 aliphatic heterocycles. The fourth-order valence-corrected chi connectivity index (χ4v) is 2.37. The molecule has 3 aromatic carbocycles. The summed E-state index contributed by atoms with van der Waals surface area (Å²) in [5.41, 5.74) is 8.48. The molecule has 0 atom stereocenters. The molecular formula is C18H13Cl2NO. The highest BCUT2D eigenvalue weighted by Crippen LogP contribution is 2.35. The zero-order valence-electron chi connectivity index (χ0n) is 11.6. The van der Waals surface area contributed by atoms with Crippen molar-refractivity contribution in [2.75, 3.05) is 5.73 Å². The van der Waals surface area contributed by atoms with Gasteiger partial charge >= 0.3 is 0 Å². The molecule has 22 heavy (non-hydrogen) atoms. The monoisotopic (exact) mass is 329 g/mol. The molecule has 0 unspecified atom stereocenters. The highest BCUT2D eigenvalue weighted by Gasteiger charge is 2.08.